The average Bonchev–Trinajstić information content (AvgIpc) is 2.52. The lowest BCUT2D eigenvalue weighted by atomic mass is 10.2. The molecule has 0 amide bonds. The highest BCUT2D eigenvalue weighted by molar-refractivity contribution is 6.35. The molecule has 0 aliphatic heterocycles. The van der Waals surface area contributed by atoms with Crippen LogP contribution in [0.1, 0.15) is 30.9 Å². The van der Waals surface area contributed by atoms with E-state index in [1.165, 1.54) is 18.4 Å². The van der Waals surface area contributed by atoms with Crippen LogP contribution in [0.4, 0.5) is 0 Å². The highest BCUT2D eigenvalue weighted by Crippen LogP contribution is 2.25. The van der Waals surface area contributed by atoms with Crippen molar-refractivity contribution in [1.82, 2.24) is 5.32 Å². The van der Waals surface area contributed by atoms with Gasteiger partial charge in [0.25, 0.3) is 0 Å². The maximum atomic E-state index is 6.13. The summed E-state index contributed by atoms with van der Waals surface area (Å²) in [4.78, 5) is 0. The Bertz CT molecular complexity index is 564. The zero-order chi connectivity index (χ0) is 15.8. The number of rotatable bonds is 8. The largest absolute Gasteiger partial charge is 0.489 e. The minimum Gasteiger partial charge on any atom is -0.489 e. The van der Waals surface area contributed by atoms with Crippen molar-refractivity contribution in [2.45, 2.75) is 32.9 Å². The first kappa shape index (κ1) is 17.1. The molecule has 0 aliphatic carbocycles. The zero-order valence-electron chi connectivity index (χ0n) is 12.7. The fraction of sp³-hybridized carbons (Fsp3) is 0.333. The van der Waals surface area contributed by atoms with Gasteiger partial charge in [-0.2, -0.15) is 0 Å². The Morgan fingerprint density at radius 1 is 1.00 bits per heavy atom. The van der Waals surface area contributed by atoms with E-state index in [0.717, 1.165) is 24.4 Å². The molecule has 0 fully saturated rings. The summed E-state index contributed by atoms with van der Waals surface area (Å²) in [5.41, 5.74) is 2.07. The molecule has 0 aliphatic rings. The summed E-state index contributed by atoms with van der Waals surface area (Å²) in [5, 5.41) is 4.68. The van der Waals surface area contributed by atoms with Crippen molar-refractivity contribution in [3.8, 4) is 5.75 Å². The Kier molecular flexibility index (Phi) is 7.04. The molecule has 0 atom stereocenters. The molecule has 0 saturated carbocycles. The van der Waals surface area contributed by atoms with Crippen LogP contribution in [0.25, 0.3) is 0 Å². The number of halogens is 2. The van der Waals surface area contributed by atoms with Gasteiger partial charge in [0, 0.05) is 22.2 Å². The fourth-order valence-corrected chi connectivity index (χ4v) is 2.57. The second-order valence-corrected chi connectivity index (χ2v) is 5.98. The number of unbranched alkanes of at least 4 members (excludes halogenated alkanes) is 1. The third kappa shape index (κ3) is 5.20. The van der Waals surface area contributed by atoms with Crippen LogP contribution in [0.5, 0.6) is 5.75 Å². The molecule has 0 heterocycles. The minimum atomic E-state index is 0.368. The summed E-state index contributed by atoms with van der Waals surface area (Å²) in [6.07, 6.45) is 2.42. The van der Waals surface area contributed by atoms with Crippen molar-refractivity contribution in [1.29, 1.82) is 0 Å². The molecule has 2 nitrogen and oxygen atoms in total. The topological polar surface area (TPSA) is 21.3 Å². The first-order valence-corrected chi connectivity index (χ1v) is 8.31. The highest BCUT2D eigenvalue weighted by Gasteiger charge is 2.06. The van der Waals surface area contributed by atoms with Crippen LogP contribution < -0.4 is 10.1 Å². The first-order chi connectivity index (χ1) is 10.7. The normalized spacial score (nSPS) is 10.7. The molecule has 22 heavy (non-hydrogen) atoms. The smallest absolute Gasteiger partial charge is 0.119 e. The van der Waals surface area contributed by atoms with E-state index in [-0.39, 0.29) is 0 Å². The molecular formula is C18H21Cl2NO. The predicted octanol–water partition coefficient (Wildman–Crippen LogP) is 5.46. The van der Waals surface area contributed by atoms with E-state index >= 15 is 0 Å². The van der Waals surface area contributed by atoms with Crippen molar-refractivity contribution in [2.24, 2.45) is 0 Å². The molecular weight excluding hydrogens is 317 g/mol. The van der Waals surface area contributed by atoms with Gasteiger partial charge in [0.15, 0.2) is 0 Å². The molecule has 0 bridgehead atoms. The Morgan fingerprint density at radius 3 is 2.32 bits per heavy atom. The van der Waals surface area contributed by atoms with Gasteiger partial charge in [-0.05, 0) is 42.8 Å². The Morgan fingerprint density at radius 2 is 1.68 bits per heavy atom. The quantitative estimate of drug-likeness (QED) is 0.645. The van der Waals surface area contributed by atoms with Gasteiger partial charge in [-0.3, -0.25) is 0 Å². The van der Waals surface area contributed by atoms with Gasteiger partial charge in [0.1, 0.15) is 12.4 Å². The highest BCUT2D eigenvalue weighted by atomic mass is 35.5. The fourth-order valence-electron chi connectivity index (χ4n) is 2.06. The molecule has 2 aromatic carbocycles. The van der Waals surface area contributed by atoms with E-state index in [1.54, 1.807) is 0 Å². The summed E-state index contributed by atoms with van der Waals surface area (Å²) in [6, 6.07) is 13.6. The number of hydrogen-bond acceptors (Lipinski definition) is 2. The molecule has 4 heteroatoms. The molecule has 0 saturated heterocycles. The summed E-state index contributed by atoms with van der Waals surface area (Å²) < 4.78 is 5.76. The second-order valence-electron chi connectivity index (χ2n) is 5.16. The SMILES string of the molecule is CCCCNCc1ccc(OCc2c(Cl)cccc2Cl)cc1. The van der Waals surface area contributed by atoms with Gasteiger partial charge in [0.2, 0.25) is 0 Å². The second kappa shape index (κ2) is 9.04. The van der Waals surface area contributed by atoms with Crippen molar-refractivity contribution in [3.63, 3.8) is 0 Å². The van der Waals surface area contributed by atoms with Crippen LogP contribution in [-0.2, 0) is 13.2 Å². The average molecular weight is 338 g/mol. The molecule has 0 unspecified atom stereocenters. The third-order valence-corrected chi connectivity index (χ3v) is 4.11. The zero-order valence-corrected chi connectivity index (χ0v) is 14.3. The number of nitrogens with one attached hydrogen (secondary N) is 1. The molecule has 0 aromatic heterocycles. The number of hydrogen-bond donors (Lipinski definition) is 1. The molecule has 0 radical (unpaired) electrons. The summed E-state index contributed by atoms with van der Waals surface area (Å²) in [7, 11) is 0. The lowest BCUT2D eigenvalue weighted by molar-refractivity contribution is 0.306. The van der Waals surface area contributed by atoms with Crippen LogP contribution >= 0.6 is 23.2 Å². The van der Waals surface area contributed by atoms with E-state index in [4.69, 9.17) is 27.9 Å². The molecule has 2 rings (SSSR count). The molecule has 1 N–H and O–H groups in total. The number of benzene rings is 2. The van der Waals surface area contributed by atoms with Gasteiger partial charge >= 0.3 is 0 Å². The van der Waals surface area contributed by atoms with Gasteiger partial charge in [0.05, 0.1) is 0 Å². The summed E-state index contributed by atoms with van der Waals surface area (Å²) in [5.74, 6) is 0.813. The van der Waals surface area contributed by atoms with E-state index in [0.29, 0.717) is 16.7 Å². The molecule has 118 valence electrons. The van der Waals surface area contributed by atoms with Crippen molar-refractivity contribution >= 4 is 23.2 Å². The third-order valence-electron chi connectivity index (χ3n) is 3.40. The minimum absolute atomic E-state index is 0.368. The van der Waals surface area contributed by atoms with Crippen molar-refractivity contribution in [2.75, 3.05) is 6.54 Å². The van der Waals surface area contributed by atoms with Crippen LogP contribution in [0.2, 0.25) is 10.0 Å². The maximum absolute atomic E-state index is 6.13. The Labute approximate surface area is 142 Å². The van der Waals surface area contributed by atoms with E-state index in [2.05, 4.69) is 24.4 Å². The monoisotopic (exact) mass is 337 g/mol. The van der Waals surface area contributed by atoms with E-state index < -0.39 is 0 Å². The van der Waals surface area contributed by atoms with Crippen LogP contribution in [0, 0.1) is 0 Å². The van der Waals surface area contributed by atoms with Gasteiger partial charge in [-0.15, -0.1) is 0 Å². The standard InChI is InChI=1S/C18H21Cl2NO/c1-2-3-11-21-12-14-7-9-15(10-8-14)22-13-16-17(19)5-4-6-18(16)20/h4-10,21H,2-3,11-13H2,1H3. The first-order valence-electron chi connectivity index (χ1n) is 7.56. The lowest BCUT2D eigenvalue weighted by Gasteiger charge is -2.10. The molecule has 2 aromatic rings. The Balaban J connectivity index is 1.86. The van der Waals surface area contributed by atoms with Crippen LogP contribution in [0.3, 0.4) is 0 Å². The summed E-state index contributed by atoms with van der Waals surface area (Å²) >= 11 is 12.3. The van der Waals surface area contributed by atoms with Crippen LogP contribution in [0.15, 0.2) is 42.5 Å². The predicted molar refractivity (Wildman–Crippen MR) is 93.9 cm³/mol. The van der Waals surface area contributed by atoms with Crippen molar-refractivity contribution < 1.29 is 4.74 Å². The van der Waals surface area contributed by atoms with Gasteiger partial charge < -0.3 is 10.1 Å². The number of ether oxygens (including phenoxy) is 1. The Hall–Kier alpha value is -1.22. The van der Waals surface area contributed by atoms with Crippen molar-refractivity contribution in [3.05, 3.63) is 63.6 Å². The maximum Gasteiger partial charge on any atom is 0.119 e. The van der Waals surface area contributed by atoms with E-state index in [1.807, 2.05) is 30.3 Å². The molecule has 0 spiro atoms. The summed E-state index contributed by atoms with van der Waals surface area (Å²) in [6.45, 7) is 4.50. The van der Waals surface area contributed by atoms with E-state index in [9.17, 15) is 0 Å². The van der Waals surface area contributed by atoms with Gasteiger partial charge in [-0.25, -0.2) is 0 Å². The van der Waals surface area contributed by atoms with Gasteiger partial charge in [-0.1, -0.05) is 54.7 Å². The van der Waals surface area contributed by atoms with Crippen LogP contribution in [-0.4, -0.2) is 6.54 Å². The lowest BCUT2D eigenvalue weighted by Crippen LogP contribution is -2.14.